The van der Waals surface area contributed by atoms with Gasteiger partial charge in [0, 0.05) is 11.8 Å². The Morgan fingerprint density at radius 1 is 0.533 bits per heavy atom. The molecule has 0 saturated carbocycles. The van der Waals surface area contributed by atoms with E-state index in [1.807, 2.05) is 0 Å². The highest BCUT2D eigenvalue weighted by atomic mass is 14.4. The first-order chi connectivity index (χ1) is 13.2. The molecule has 0 heterocycles. The largest absolute Gasteiger partial charge is 0.0946 e. The SMILES string of the molecule is C=C1C(C2=CC(C(C)(C)C)=CC(C(C)(C)C)C2=C)=CC(C(C)(C)C)=CC1C(C)(C)C. The Balaban J connectivity index is 2.75. The third kappa shape index (κ3) is 5.01. The van der Waals surface area contributed by atoms with Gasteiger partial charge in [-0.1, -0.05) is 121 Å². The van der Waals surface area contributed by atoms with Gasteiger partial charge >= 0.3 is 0 Å². The van der Waals surface area contributed by atoms with Crippen LogP contribution < -0.4 is 0 Å². The Labute approximate surface area is 187 Å². The first-order valence-corrected chi connectivity index (χ1v) is 11.5. The van der Waals surface area contributed by atoms with Crippen molar-refractivity contribution in [2.45, 2.75) is 83.1 Å². The van der Waals surface area contributed by atoms with Crippen molar-refractivity contribution >= 4 is 0 Å². The van der Waals surface area contributed by atoms with Crippen LogP contribution in [0.2, 0.25) is 0 Å². The van der Waals surface area contributed by atoms with Crippen LogP contribution in [0.4, 0.5) is 0 Å². The van der Waals surface area contributed by atoms with Gasteiger partial charge in [0.2, 0.25) is 0 Å². The van der Waals surface area contributed by atoms with Gasteiger partial charge in [0.1, 0.15) is 0 Å². The van der Waals surface area contributed by atoms with E-state index in [0.29, 0.717) is 11.8 Å². The van der Waals surface area contributed by atoms with E-state index in [4.69, 9.17) is 0 Å². The molecule has 2 aliphatic rings. The van der Waals surface area contributed by atoms with Gasteiger partial charge in [0.25, 0.3) is 0 Å². The molecule has 2 aliphatic carbocycles. The average Bonchev–Trinajstić information content (AvgIpc) is 2.51. The van der Waals surface area contributed by atoms with Gasteiger partial charge in [-0.2, -0.15) is 0 Å². The summed E-state index contributed by atoms with van der Waals surface area (Å²) in [5.74, 6) is 0.634. The fraction of sp³-hybridized carbons (Fsp3) is 0.600. The Morgan fingerprint density at radius 3 is 1.00 bits per heavy atom. The fourth-order valence-corrected chi connectivity index (χ4v) is 4.47. The topological polar surface area (TPSA) is 0 Å². The Morgan fingerprint density at radius 2 is 0.800 bits per heavy atom. The second-order valence-electron chi connectivity index (χ2n) is 13.6. The molecule has 0 spiro atoms. The van der Waals surface area contributed by atoms with Crippen LogP contribution in [-0.4, -0.2) is 0 Å². The first kappa shape index (κ1) is 24.7. The Hall–Kier alpha value is -1.56. The molecule has 0 radical (unpaired) electrons. The van der Waals surface area contributed by atoms with E-state index in [-0.39, 0.29) is 21.7 Å². The summed E-state index contributed by atoms with van der Waals surface area (Å²) in [5, 5.41) is 0. The molecule has 0 aliphatic heterocycles. The summed E-state index contributed by atoms with van der Waals surface area (Å²) in [7, 11) is 0. The van der Waals surface area contributed by atoms with E-state index in [1.165, 1.54) is 33.4 Å². The predicted octanol–water partition coefficient (Wildman–Crippen LogP) is 9.25. The van der Waals surface area contributed by atoms with Crippen LogP contribution in [0.5, 0.6) is 0 Å². The molecule has 0 N–H and O–H groups in total. The van der Waals surface area contributed by atoms with E-state index in [0.717, 1.165) is 0 Å². The predicted molar refractivity (Wildman–Crippen MR) is 135 cm³/mol. The molecule has 0 saturated heterocycles. The highest BCUT2D eigenvalue weighted by molar-refractivity contribution is 5.65. The van der Waals surface area contributed by atoms with Crippen molar-refractivity contribution in [2.24, 2.45) is 33.5 Å². The van der Waals surface area contributed by atoms with Gasteiger partial charge in [-0.25, -0.2) is 0 Å². The highest BCUT2D eigenvalue weighted by Crippen LogP contribution is 2.50. The molecule has 0 fully saturated rings. The minimum Gasteiger partial charge on any atom is -0.0946 e. The van der Waals surface area contributed by atoms with E-state index in [9.17, 15) is 0 Å². The first-order valence-electron chi connectivity index (χ1n) is 11.5. The van der Waals surface area contributed by atoms with Crippen molar-refractivity contribution in [3.05, 3.63) is 70.9 Å². The lowest BCUT2D eigenvalue weighted by Gasteiger charge is -2.41. The Bertz CT molecular complexity index is 775. The molecule has 166 valence electrons. The lowest BCUT2D eigenvalue weighted by molar-refractivity contribution is 0.322. The molecule has 0 amide bonds. The molecular weight excluding hydrogens is 360 g/mol. The van der Waals surface area contributed by atoms with Crippen molar-refractivity contribution in [1.29, 1.82) is 0 Å². The van der Waals surface area contributed by atoms with Crippen molar-refractivity contribution in [2.75, 3.05) is 0 Å². The van der Waals surface area contributed by atoms with Gasteiger partial charge in [-0.05, 0) is 55.1 Å². The van der Waals surface area contributed by atoms with Gasteiger partial charge < -0.3 is 0 Å². The van der Waals surface area contributed by atoms with E-state index in [2.05, 4.69) is 121 Å². The highest BCUT2D eigenvalue weighted by Gasteiger charge is 2.37. The van der Waals surface area contributed by atoms with Gasteiger partial charge in [0.15, 0.2) is 0 Å². The zero-order valence-corrected chi connectivity index (χ0v) is 21.9. The van der Waals surface area contributed by atoms with Crippen LogP contribution in [0, 0.1) is 33.5 Å². The average molecular weight is 407 g/mol. The second kappa shape index (κ2) is 7.54. The molecule has 0 bridgehead atoms. The maximum atomic E-state index is 4.63. The fourth-order valence-electron chi connectivity index (χ4n) is 4.47. The monoisotopic (exact) mass is 406 g/mol. The molecule has 2 atom stereocenters. The van der Waals surface area contributed by atoms with E-state index >= 15 is 0 Å². The molecule has 0 aromatic carbocycles. The summed E-state index contributed by atoms with van der Waals surface area (Å²) in [4.78, 5) is 0. The zero-order valence-electron chi connectivity index (χ0n) is 21.9. The quantitative estimate of drug-likeness (QED) is 0.407. The van der Waals surface area contributed by atoms with Gasteiger partial charge in [-0.15, -0.1) is 0 Å². The molecule has 0 nitrogen and oxygen atoms in total. The molecule has 0 aromatic rings. The van der Waals surface area contributed by atoms with Crippen LogP contribution in [-0.2, 0) is 0 Å². The molecular formula is C30H46. The van der Waals surface area contributed by atoms with Crippen molar-refractivity contribution < 1.29 is 0 Å². The summed E-state index contributed by atoms with van der Waals surface area (Å²) in [5.41, 5.74) is 8.27. The molecule has 0 heteroatoms. The van der Waals surface area contributed by atoms with Crippen LogP contribution in [0.25, 0.3) is 0 Å². The van der Waals surface area contributed by atoms with Crippen LogP contribution in [0.15, 0.2) is 70.9 Å². The Kier molecular flexibility index (Phi) is 6.21. The van der Waals surface area contributed by atoms with E-state index < -0.39 is 0 Å². The molecule has 0 aromatic heterocycles. The number of hydrogen-bond donors (Lipinski definition) is 0. The van der Waals surface area contributed by atoms with Crippen molar-refractivity contribution in [1.82, 2.24) is 0 Å². The van der Waals surface area contributed by atoms with Crippen molar-refractivity contribution in [3.63, 3.8) is 0 Å². The molecule has 2 rings (SSSR count). The van der Waals surface area contributed by atoms with Crippen LogP contribution in [0.1, 0.15) is 83.1 Å². The lowest BCUT2D eigenvalue weighted by atomic mass is 9.63. The zero-order chi connectivity index (χ0) is 23.4. The summed E-state index contributed by atoms with van der Waals surface area (Å²) in [6.07, 6.45) is 9.71. The number of allylic oxidation sites excluding steroid dienone is 10. The number of hydrogen-bond acceptors (Lipinski definition) is 0. The second-order valence-corrected chi connectivity index (χ2v) is 13.6. The normalized spacial score (nSPS) is 24.3. The smallest absolute Gasteiger partial charge is 0.00728 e. The summed E-state index contributed by atoms with van der Waals surface area (Å²) in [6.45, 7) is 37.1. The van der Waals surface area contributed by atoms with E-state index in [1.54, 1.807) is 0 Å². The van der Waals surface area contributed by atoms with Gasteiger partial charge in [0.05, 0.1) is 0 Å². The maximum Gasteiger partial charge on any atom is 0.00728 e. The third-order valence-corrected chi connectivity index (χ3v) is 6.62. The third-order valence-electron chi connectivity index (χ3n) is 6.62. The maximum absolute atomic E-state index is 4.63. The van der Waals surface area contributed by atoms with Crippen LogP contribution in [0.3, 0.4) is 0 Å². The van der Waals surface area contributed by atoms with Gasteiger partial charge in [-0.3, -0.25) is 0 Å². The standard InChI is InChI=1S/C30H46/c1-19-23(15-21(27(3,4)5)17-25(19)29(9,10)11)24-16-22(28(6,7)8)18-26(20(24)2)30(12,13)14/h15-18,25-26H,1-2H2,3-14H3. The van der Waals surface area contributed by atoms with Crippen molar-refractivity contribution in [3.8, 4) is 0 Å². The minimum absolute atomic E-state index is 0.0954. The lowest BCUT2D eigenvalue weighted by Crippen LogP contribution is -2.29. The molecule has 2 unspecified atom stereocenters. The molecule has 30 heavy (non-hydrogen) atoms. The minimum atomic E-state index is 0.0954. The summed E-state index contributed by atoms with van der Waals surface area (Å²) < 4.78 is 0. The summed E-state index contributed by atoms with van der Waals surface area (Å²) >= 11 is 0. The van der Waals surface area contributed by atoms with Crippen LogP contribution >= 0.6 is 0 Å². The summed E-state index contributed by atoms with van der Waals surface area (Å²) in [6, 6.07) is 0. The number of rotatable bonds is 1.